The Morgan fingerprint density at radius 3 is 2.18 bits per heavy atom. The molecule has 0 atom stereocenters. The van der Waals surface area contributed by atoms with Crippen LogP contribution in [0.25, 0.3) is 11.3 Å². The maximum Gasteiger partial charge on any atom is 0.416 e. The molecule has 0 amide bonds. The Labute approximate surface area is 180 Å². The van der Waals surface area contributed by atoms with Crippen molar-refractivity contribution in [3.8, 4) is 23.1 Å². The standard InChI is InChI=1S/C20H12F8N4O/c1-18(21,22)12-2-3-15(20(26,27)28)11(5-12)9-33-14-6-10(4-13(7-14)19(23,24)25)17-16(8-29)30-32-31-17/h2-7H,9H2,1H3,(H,30,31,32). The zero-order chi connectivity index (χ0) is 24.6. The Hall–Kier alpha value is -3.69. The van der Waals surface area contributed by atoms with Crippen LogP contribution in [0.4, 0.5) is 35.1 Å². The second-order valence-electron chi connectivity index (χ2n) is 6.92. The fourth-order valence-electron chi connectivity index (χ4n) is 2.92. The highest BCUT2D eigenvalue weighted by molar-refractivity contribution is 5.67. The monoisotopic (exact) mass is 476 g/mol. The summed E-state index contributed by atoms with van der Waals surface area (Å²) in [6.45, 7) is -0.465. The third-order valence-electron chi connectivity index (χ3n) is 4.47. The molecule has 0 bridgehead atoms. The summed E-state index contributed by atoms with van der Waals surface area (Å²) in [4.78, 5) is 0. The minimum Gasteiger partial charge on any atom is -0.489 e. The quantitative estimate of drug-likeness (QED) is 0.454. The van der Waals surface area contributed by atoms with Gasteiger partial charge in [0.1, 0.15) is 24.1 Å². The first kappa shape index (κ1) is 24.0. The molecule has 5 nitrogen and oxygen atoms in total. The number of hydrogen-bond acceptors (Lipinski definition) is 4. The number of ether oxygens (including phenoxy) is 1. The Kier molecular flexibility index (Phi) is 6.06. The fourth-order valence-corrected chi connectivity index (χ4v) is 2.92. The zero-order valence-electron chi connectivity index (χ0n) is 16.4. The minimum absolute atomic E-state index is 0.239. The molecule has 0 saturated carbocycles. The largest absolute Gasteiger partial charge is 0.489 e. The average molecular weight is 476 g/mol. The molecule has 174 valence electrons. The molecule has 0 radical (unpaired) electrons. The number of aromatic nitrogens is 3. The topological polar surface area (TPSA) is 74.6 Å². The van der Waals surface area contributed by atoms with Gasteiger partial charge in [-0.2, -0.15) is 41.9 Å². The highest BCUT2D eigenvalue weighted by Gasteiger charge is 2.36. The lowest BCUT2D eigenvalue weighted by Gasteiger charge is -2.18. The van der Waals surface area contributed by atoms with Gasteiger partial charge in [-0.1, -0.05) is 6.07 Å². The SMILES string of the molecule is CC(F)(F)c1ccc(C(F)(F)F)c(COc2cc(-c3n[nH]nc3C#N)cc(C(F)(F)F)c2)c1. The number of nitrogens with one attached hydrogen (secondary N) is 1. The van der Waals surface area contributed by atoms with Gasteiger partial charge in [0.15, 0.2) is 5.69 Å². The van der Waals surface area contributed by atoms with Gasteiger partial charge in [-0.15, -0.1) is 5.10 Å². The van der Waals surface area contributed by atoms with Crippen molar-refractivity contribution in [3.63, 3.8) is 0 Å². The molecule has 3 rings (SSSR count). The number of hydrogen-bond donors (Lipinski definition) is 1. The fraction of sp³-hybridized carbons (Fsp3) is 0.250. The summed E-state index contributed by atoms with van der Waals surface area (Å²) in [5.74, 6) is -3.98. The number of aromatic amines is 1. The maximum absolute atomic E-state index is 13.6. The molecule has 1 N–H and O–H groups in total. The van der Waals surface area contributed by atoms with Crippen molar-refractivity contribution >= 4 is 0 Å². The zero-order valence-corrected chi connectivity index (χ0v) is 16.4. The van der Waals surface area contributed by atoms with Gasteiger partial charge in [0, 0.05) is 23.6 Å². The third-order valence-corrected chi connectivity index (χ3v) is 4.47. The number of alkyl halides is 8. The molecular formula is C20H12F8N4O. The number of rotatable bonds is 5. The highest BCUT2D eigenvalue weighted by atomic mass is 19.4. The number of nitriles is 1. The molecule has 0 aliphatic carbocycles. The van der Waals surface area contributed by atoms with E-state index in [9.17, 15) is 35.1 Å². The van der Waals surface area contributed by atoms with Gasteiger partial charge in [0.25, 0.3) is 5.92 Å². The molecule has 0 spiro atoms. The van der Waals surface area contributed by atoms with Crippen molar-refractivity contribution < 1.29 is 39.9 Å². The summed E-state index contributed by atoms with van der Waals surface area (Å²) in [6, 6.07) is 5.49. The third kappa shape index (κ3) is 5.39. The Morgan fingerprint density at radius 2 is 1.61 bits per heavy atom. The predicted molar refractivity (Wildman–Crippen MR) is 96.9 cm³/mol. The van der Waals surface area contributed by atoms with Gasteiger partial charge in [-0.05, 0) is 30.3 Å². The average Bonchev–Trinajstić information content (AvgIpc) is 3.18. The van der Waals surface area contributed by atoms with Gasteiger partial charge in [0.05, 0.1) is 11.1 Å². The maximum atomic E-state index is 13.6. The van der Waals surface area contributed by atoms with Gasteiger partial charge in [-0.25, -0.2) is 8.78 Å². The highest BCUT2D eigenvalue weighted by Crippen LogP contribution is 2.38. The molecule has 2 aromatic carbocycles. The molecule has 1 heterocycles. The van der Waals surface area contributed by atoms with Crippen LogP contribution in [0, 0.1) is 11.3 Å². The van der Waals surface area contributed by atoms with E-state index in [0.717, 1.165) is 6.07 Å². The van der Waals surface area contributed by atoms with E-state index < -0.39 is 52.9 Å². The van der Waals surface area contributed by atoms with Crippen LogP contribution >= 0.6 is 0 Å². The van der Waals surface area contributed by atoms with E-state index in [1.165, 1.54) is 0 Å². The number of halogens is 8. The van der Waals surface area contributed by atoms with Gasteiger partial charge < -0.3 is 4.74 Å². The van der Waals surface area contributed by atoms with E-state index in [-0.39, 0.29) is 17.0 Å². The van der Waals surface area contributed by atoms with E-state index in [0.29, 0.717) is 37.3 Å². The summed E-state index contributed by atoms with van der Waals surface area (Å²) in [5.41, 5.74) is -4.72. The van der Waals surface area contributed by atoms with E-state index in [1.54, 1.807) is 6.07 Å². The molecule has 0 fully saturated rings. The van der Waals surface area contributed by atoms with Crippen LogP contribution in [-0.4, -0.2) is 15.4 Å². The number of nitrogens with zero attached hydrogens (tertiary/aromatic N) is 3. The van der Waals surface area contributed by atoms with Crippen LogP contribution in [0.2, 0.25) is 0 Å². The molecule has 13 heteroatoms. The summed E-state index contributed by atoms with van der Waals surface area (Å²) < 4.78 is 112. The Balaban J connectivity index is 2.04. The summed E-state index contributed by atoms with van der Waals surface area (Å²) >= 11 is 0. The lowest BCUT2D eigenvalue weighted by molar-refractivity contribution is -0.138. The lowest BCUT2D eigenvalue weighted by atomic mass is 10.0. The number of benzene rings is 2. The summed E-state index contributed by atoms with van der Waals surface area (Å²) in [5, 5.41) is 18.2. The second kappa shape index (κ2) is 8.34. The molecule has 1 aromatic heterocycles. The first-order chi connectivity index (χ1) is 15.2. The normalized spacial score (nSPS) is 12.5. The summed E-state index contributed by atoms with van der Waals surface area (Å²) in [6.07, 6.45) is -9.78. The molecular weight excluding hydrogens is 464 g/mol. The van der Waals surface area contributed by atoms with Gasteiger partial charge >= 0.3 is 12.4 Å². The van der Waals surface area contributed by atoms with Crippen molar-refractivity contribution in [2.45, 2.75) is 31.8 Å². The summed E-state index contributed by atoms with van der Waals surface area (Å²) in [7, 11) is 0. The van der Waals surface area contributed by atoms with Crippen molar-refractivity contribution in [2.75, 3.05) is 0 Å². The van der Waals surface area contributed by atoms with Gasteiger partial charge in [0.2, 0.25) is 0 Å². The lowest BCUT2D eigenvalue weighted by Crippen LogP contribution is -2.15. The molecule has 0 unspecified atom stereocenters. The molecule has 3 aromatic rings. The van der Waals surface area contributed by atoms with E-state index in [4.69, 9.17) is 10.00 Å². The van der Waals surface area contributed by atoms with E-state index in [2.05, 4.69) is 15.4 Å². The molecule has 0 aliphatic heterocycles. The van der Waals surface area contributed by atoms with Crippen LogP contribution in [0.5, 0.6) is 5.75 Å². The van der Waals surface area contributed by atoms with Crippen LogP contribution in [-0.2, 0) is 24.9 Å². The van der Waals surface area contributed by atoms with Crippen molar-refractivity contribution in [1.29, 1.82) is 5.26 Å². The van der Waals surface area contributed by atoms with Crippen LogP contribution in [0.15, 0.2) is 36.4 Å². The van der Waals surface area contributed by atoms with E-state index >= 15 is 0 Å². The van der Waals surface area contributed by atoms with Crippen molar-refractivity contribution in [3.05, 3.63) is 64.3 Å². The smallest absolute Gasteiger partial charge is 0.416 e. The predicted octanol–water partition coefficient (Wildman–Crippen LogP) is 6.07. The van der Waals surface area contributed by atoms with Crippen molar-refractivity contribution in [1.82, 2.24) is 15.4 Å². The second-order valence-corrected chi connectivity index (χ2v) is 6.92. The first-order valence-electron chi connectivity index (χ1n) is 8.95. The first-order valence-corrected chi connectivity index (χ1v) is 8.95. The Morgan fingerprint density at radius 1 is 0.909 bits per heavy atom. The number of H-pyrrole nitrogens is 1. The minimum atomic E-state index is -4.92. The molecule has 33 heavy (non-hydrogen) atoms. The van der Waals surface area contributed by atoms with Crippen LogP contribution in [0.1, 0.15) is 34.9 Å². The van der Waals surface area contributed by atoms with Crippen molar-refractivity contribution in [2.24, 2.45) is 0 Å². The Bertz CT molecular complexity index is 1200. The van der Waals surface area contributed by atoms with Gasteiger partial charge in [-0.3, -0.25) is 0 Å². The molecule has 0 aliphatic rings. The molecule has 0 saturated heterocycles. The van der Waals surface area contributed by atoms with E-state index in [1.807, 2.05) is 0 Å². The van der Waals surface area contributed by atoms with Crippen LogP contribution < -0.4 is 4.74 Å². The van der Waals surface area contributed by atoms with Crippen LogP contribution in [0.3, 0.4) is 0 Å².